The van der Waals surface area contributed by atoms with Crippen molar-refractivity contribution in [2.75, 3.05) is 0 Å². The smallest absolute Gasteiger partial charge is 0.0321 e. The van der Waals surface area contributed by atoms with E-state index >= 15 is 0 Å². The van der Waals surface area contributed by atoms with E-state index < -0.39 is 0 Å². The Morgan fingerprint density at radius 3 is 2.33 bits per heavy atom. The van der Waals surface area contributed by atoms with Crippen molar-refractivity contribution in [1.29, 1.82) is 0 Å². The summed E-state index contributed by atoms with van der Waals surface area (Å²) >= 11 is 0. The Morgan fingerprint density at radius 2 is 1.67 bits per heavy atom. The zero-order valence-electron chi connectivity index (χ0n) is 10.2. The molecule has 2 aromatic carbocycles. The molecule has 0 saturated carbocycles. The standard InChI is InChI=1S/C18H14/c1-4-14-11-12-17(13-16(14)6-3)18-10-8-7-9-15(18)5-2/h2,4,6-13H,1,3H2. The first kappa shape index (κ1) is 12.0. The number of rotatable bonds is 3. The molecular weight excluding hydrogens is 216 g/mol. The van der Waals surface area contributed by atoms with Crippen LogP contribution in [0.4, 0.5) is 0 Å². The lowest BCUT2D eigenvalue weighted by Crippen LogP contribution is -1.87. The minimum Gasteiger partial charge on any atom is -0.115 e. The van der Waals surface area contributed by atoms with E-state index in [2.05, 4.69) is 31.2 Å². The molecule has 0 fully saturated rings. The van der Waals surface area contributed by atoms with Crippen LogP contribution in [0.3, 0.4) is 0 Å². The van der Waals surface area contributed by atoms with Gasteiger partial charge in [0, 0.05) is 5.56 Å². The Balaban J connectivity index is 2.62. The summed E-state index contributed by atoms with van der Waals surface area (Å²) in [5.41, 5.74) is 5.21. The van der Waals surface area contributed by atoms with Crippen molar-refractivity contribution in [2.24, 2.45) is 0 Å². The zero-order valence-corrected chi connectivity index (χ0v) is 10.2. The quantitative estimate of drug-likeness (QED) is 0.675. The van der Waals surface area contributed by atoms with Gasteiger partial charge < -0.3 is 0 Å². The Hall–Kier alpha value is -2.52. The van der Waals surface area contributed by atoms with Crippen LogP contribution in [0, 0.1) is 12.3 Å². The monoisotopic (exact) mass is 230 g/mol. The van der Waals surface area contributed by atoms with Crippen molar-refractivity contribution in [2.45, 2.75) is 0 Å². The fourth-order valence-corrected chi connectivity index (χ4v) is 1.97. The highest BCUT2D eigenvalue weighted by Crippen LogP contribution is 2.26. The van der Waals surface area contributed by atoms with Crippen LogP contribution in [0.15, 0.2) is 55.6 Å². The Kier molecular flexibility index (Phi) is 3.46. The van der Waals surface area contributed by atoms with Gasteiger partial charge in [-0.25, -0.2) is 0 Å². The van der Waals surface area contributed by atoms with Crippen LogP contribution in [0.2, 0.25) is 0 Å². The lowest BCUT2D eigenvalue weighted by molar-refractivity contribution is 1.55. The molecule has 2 rings (SSSR count). The topological polar surface area (TPSA) is 0 Å². The summed E-state index contributed by atoms with van der Waals surface area (Å²) < 4.78 is 0. The first-order chi connectivity index (χ1) is 8.80. The largest absolute Gasteiger partial charge is 0.115 e. The summed E-state index contributed by atoms with van der Waals surface area (Å²) in [4.78, 5) is 0. The molecule has 2 aromatic rings. The van der Waals surface area contributed by atoms with Gasteiger partial charge in [0.25, 0.3) is 0 Å². The minimum atomic E-state index is 0.902. The van der Waals surface area contributed by atoms with E-state index in [9.17, 15) is 0 Å². The predicted octanol–water partition coefficient (Wildman–Crippen LogP) is 4.62. The lowest BCUT2D eigenvalue weighted by Gasteiger charge is -2.08. The van der Waals surface area contributed by atoms with Crippen molar-refractivity contribution in [3.8, 4) is 23.5 Å². The highest BCUT2D eigenvalue weighted by molar-refractivity contribution is 5.76. The van der Waals surface area contributed by atoms with E-state index in [1.807, 2.05) is 42.5 Å². The molecular formula is C18H14. The van der Waals surface area contributed by atoms with Crippen LogP contribution in [-0.4, -0.2) is 0 Å². The van der Waals surface area contributed by atoms with E-state index in [-0.39, 0.29) is 0 Å². The second kappa shape index (κ2) is 5.21. The molecule has 0 heterocycles. The highest BCUT2D eigenvalue weighted by Gasteiger charge is 2.04. The Labute approximate surface area is 108 Å². The summed E-state index contributed by atoms with van der Waals surface area (Å²) in [7, 11) is 0. The molecule has 86 valence electrons. The fraction of sp³-hybridized carbons (Fsp3) is 0. The SMILES string of the molecule is C#Cc1ccccc1-c1ccc(C=C)c(C=C)c1. The normalized spacial score (nSPS) is 9.50. The third kappa shape index (κ3) is 2.12. The third-order valence-corrected chi connectivity index (χ3v) is 2.92. The maximum absolute atomic E-state index is 5.53. The Morgan fingerprint density at radius 1 is 0.944 bits per heavy atom. The van der Waals surface area contributed by atoms with Gasteiger partial charge in [0.05, 0.1) is 0 Å². The van der Waals surface area contributed by atoms with E-state index in [1.54, 1.807) is 0 Å². The first-order valence-electron chi connectivity index (χ1n) is 5.75. The molecule has 0 N–H and O–H groups in total. The molecule has 0 bridgehead atoms. The van der Waals surface area contributed by atoms with E-state index in [0.29, 0.717) is 0 Å². The number of hydrogen-bond donors (Lipinski definition) is 0. The second-order valence-electron chi connectivity index (χ2n) is 3.94. The average Bonchev–Trinajstić information content (AvgIpc) is 2.46. The van der Waals surface area contributed by atoms with Crippen molar-refractivity contribution < 1.29 is 0 Å². The second-order valence-corrected chi connectivity index (χ2v) is 3.94. The van der Waals surface area contributed by atoms with Crippen LogP contribution < -0.4 is 0 Å². The van der Waals surface area contributed by atoms with Gasteiger partial charge in [-0.3, -0.25) is 0 Å². The molecule has 0 nitrogen and oxygen atoms in total. The van der Waals surface area contributed by atoms with Crippen LogP contribution in [0.25, 0.3) is 23.3 Å². The van der Waals surface area contributed by atoms with Gasteiger partial charge in [0.2, 0.25) is 0 Å². The molecule has 0 spiro atoms. The molecule has 0 radical (unpaired) electrons. The van der Waals surface area contributed by atoms with Crippen molar-refractivity contribution in [3.63, 3.8) is 0 Å². The van der Waals surface area contributed by atoms with Gasteiger partial charge in [-0.15, -0.1) is 6.42 Å². The number of benzene rings is 2. The summed E-state index contributed by atoms with van der Waals surface area (Å²) in [6.45, 7) is 7.62. The molecule has 0 atom stereocenters. The zero-order chi connectivity index (χ0) is 13.0. The first-order valence-corrected chi connectivity index (χ1v) is 5.75. The maximum Gasteiger partial charge on any atom is 0.0321 e. The summed E-state index contributed by atoms with van der Waals surface area (Å²) in [6.07, 6.45) is 9.19. The van der Waals surface area contributed by atoms with Gasteiger partial charge in [0.15, 0.2) is 0 Å². The van der Waals surface area contributed by atoms with Crippen LogP contribution in [0.5, 0.6) is 0 Å². The third-order valence-electron chi connectivity index (χ3n) is 2.92. The minimum absolute atomic E-state index is 0.902. The van der Waals surface area contributed by atoms with Crippen molar-refractivity contribution in [1.82, 2.24) is 0 Å². The maximum atomic E-state index is 5.53. The molecule has 0 unspecified atom stereocenters. The highest BCUT2D eigenvalue weighted by atomic mass is 14.1. The van der Waals surface area contributed by atoms with Gasteiger partial charge >= 0.3 is 0 Å². The molecule has 0 heteroatoms. The molecule has 18 heavy (non-hydrogen) atoms. The Bertz CT molecular complexity index is 639. The predicted molar refractivity (Wildman–Crippen MR) is 80.0 cm³/mol. The lowest BCUT2D eigenvalue weighted by atomic mass is 9.96. The molecule has 0 amide bonds. The number of hydrogen-bond acceptors (Lipinski definition) is 0. The van der Waals surface area contributed by atoms with Crippen LogP contribution in [-0.2, 0) is 0 Å². The van der Waals surface area contributed by atoms with E-state index in [1.165, 1.54) is 0 Å². The van der Waals surface area contributed by atoms with Gasteiger partial charge in [-0.05, 0) is 34.4 Å². The summed E-state index contributed by atoms with van der Waals surface area (Å²) in [5, 5.41) is 0. The van der Waals surface area contributed by atoms with Crippen molar-refractivity contribution in [3.05, 3.63) is 72.3 Å². The molecule has 0 aliphatic heterocycles. The van der Waals surface area contributed by atoms with Crippen LogP contribution in [0.1, 0.15) is 16.7 Å². The van der Waals surface area contributed by atoms with E-state index in [0.717, 1.165) is 27.8 Å². The summed E-state index contributed by atoms with van der Waals surface area (Å²) in [5.74, 6) is 2.71. The van der Waals surface area contributed by atoms with Gasteiger partial charge in [0.1, 0.15) is 0 Å². The fourth-order valence-electron chi connectivity index (χ4n) is 1.97. The molecule has 0 aliphatic carbocycles. The number of terminal acetylenes is 1. The average molecular weight is 230 g/mol. The van der Waals surface area contributed by atoms with Gasteiger partial charge in [-0.1, -0.05) is 61.6 Å². The van der Waals surface area contributed by atoms with Crippen LogP contribution >= 0.6 is 0 Å². The van der Waals surface area contributed by atoms with E-state index in [4.69, 9.17) is 6.42 Å². The molecule has 0 aliphatic rings. The summed E-state index contributed by atoms with van der Waals surface area (Å²) in [6, 6.07) is 14.1. The van der Waals surface area contributed by atoms with Crippen molar-refractivity contribution >= 4 is 12.2 Å². The molecule has 0 aromatic heterocycles. The van der Waals surface area contributed by atoms with Gasteiger partial charge in [-0.2, -0.15) is 0 Å². The molecule has 0 saturated heterocycles.